The summed E-state index contributed by atoms with van der Waals surface area (Å²) in [7, 11) is 0. The first-order chi connectivity index (χ1) is 11.5. The van der Waals surface area contributed by atoms with Gasteiger partial charge in [0.05, 0.1) is 12.1 Å². The molecule has 5 heteroatoms. The van der Waals surface area contributed by atoms with Gasteiger partial charge < -0.3 is 20.8 Å². The Balaban J connectivity index is 1.88. The second-order valence-electron chi connectivity index (χ2n) is 5.93. The minimum Gasteiger partial charge on any atom is -0.465 e. The highest BCUT2D eigenvalue weighted by Crippen LogP contribution is 2.07. The van der Waals surface area contributed by atoms with Gasteiger partial charge in [0.15, 0.2) is 0 Å². The van der Waals surface area contributed by atoms with Gasteiger partial charge in [0.1, 0.15) is 0 Å². The normalized spacial score (nSPS) is 13.2. The van der Waals surface area contributed by atoms with Crippen LogP contribution in [0.25, 0.3) is 0 Å². The highest BCUT2D eigenvalue weighted by Gasteiger charge is 2.21. The van der Waals surface area contributed by atoms with E-state index in [1.165, 1.54) is 5.56 Å². The van der Waals surface area contributed by atoms with Crippen molar-refractivity contribution in [2.75, 3.05) is 6.54 Å². The van der Waals surface area contributed by atoms with E-state index >= 15 is 0 Å². The van der Waals surface area contributed by atoms with Crippen LogP contribution in [0.5, 0.6) is 0 Å². The van der Waals surface area contributed by atoms with E-state index in [1.54, 1.807) is 0 Å². The fourth-order valence-corrected chi connectivity index (χ4v) is 2.52. The molecule has 0 bridgehead atoms. The van der Waals surface area contributed by atoms with E-state index in [9.17, 15) is 9.90 Å². The van der Waals surface area contributed by atoms with Crippen LogP contribution < -0.4 is 10.6 Å². The van der Waals surface area contributed by atoms with Gasteiger partial charge >= 0.3 is 6.09 Å². The number of hydrogen-bond donors (Lipinski definition) is 4. The lowest BCUT2D eigenvalue weighted by Crippen LogP contribution is -2.48. The number of carboxylic acid groups (broad SMARTS) is 1. The van der Waals surface area contributed by atoms with Crippen molar-refractivity contribution in [1.82, 2.24) is 10.6 Å². The van der Waals surface area contributed by atoms with Crippen molar-refractivity contribution in [3.63, 3.8) is 0 Å². The van der Waals surface area contributed by atoms with Crippen molar-refractivity contribution in [2.24, 2.45) is 0 Å². The summed E-state index contributed by atoms with van der Waals surface area (Å²) in [5.41, 5.74) is 3.31. The molecule has 0 unspecified atom stereocenters. The second-order valence-corrected chi connectivity index (χ2v) is 5.93. The zero-order valence-corrected chi connectivity index (χ0v) is 13.8. The molecule has 2 aromatic carbocycles. The SMILES string of the molecule is Cc1ccc(CNC[C@H](O)[C@H](Cc2ccccc2)NC(=O)O)cc1. The van der Waals surface area contributed by atoms with Gasteiger partial charge in [-0.25, -0.2) is 4.79 Å². The molecule has 2 rings (SSSR count). The van der Waals surface area contributed by atoms with E-state index in [2.05, 4.69) is 10.6 Å². The van der Waals surface area contributed by atoms with Gasteiger partial charge in [0, 0.05) is 13.1 Å². The predicted molar refractivity (Wildman–Crippen MR) is 94.0 cm³/mol. The highest BCUT2D eigenvalue weighted by atomic mass is 16.4. The van der Waals surface area contributed by atoms with Crippen molar-refractivity contribution in [1.29, 1.82) is 0 Å². The average Bonchev–Trinajstić information content (AvgIpc) is 2.56. The maximum atomic E-state index is 11.0. The molecule has 0 aliphatic heterocycles. The molecule has 0 aliphatic carbocycles. The number of rotatable bonds is 8. The Hall–Kier alpha value is -2.37. The molecule has 2 atom stereocenters. The number of amides is 1. The quantitative estimate of drug-likeness (QED) is 0.599. The summed E-state index contributed by atoms with van der Waals surface area (Å²) in [4.78, 5) is 11.0. The van der Waals surface area contributed by atoms with E-state index < -0.39 is 18.2 Å². The number of aliphatic hydroxyl groups is 1. The fourth-order valence-electron chi connectivity index (χ4n) is 2.52. The maximum absolute atomic E-state index is 11.0. The Labute approximate surface area is 142 Å². The van der Waals surface area contributed by atoms with E-state index in [0.717, 1.165) is 11.1 Å². The molecule has 0 aromatic heterocycles. The van der Waals surface area contributed by atoms with E-state index in [0.29, 0.717) is 19.5 Å². The van der Waals surface area contributed by atoms with Crippen LogP contribution >= 0.6 is 0 Å². The Morgan fingerprint density at radius 1 is 1.04 bits per heavy atom. The Morgan fingerprint density at radius 3 is 2.33 bits per heavy atom. The number of nitrogens with one attached hydrogen (secondary N) is 2. The monoisotopic (exact) mass is 328 g/mol. The van der Waals surface area contributed by atoms with E-state index in [4.69, 9.17) is 5.11 Å². The number of aliphatic hydroxyl groups excluding tert-OH is 1. The molecule has 0 radical (unpaired) electrons. The molecule has 0 saturated carbocycles. The van der Waals surface area contributed by atoms with Gasteiger partial charge in [-0.1, -0.05) is 60.2 Å². The third-order valence-corrected chi connectivity index (χ3v) is 3.87. The largest absolute Gasteiger partial charge is 0.465 e. The maximum Gasteiger partial charge on any atom is 0.404 e. The molecule has 0 heterocycles. The van der Waals surface area contributed by atoms with E-state index in [-0.39, 0.29) is 0 Å². The van der Waals surface area contributed by atoms with Crippen molar-refractivity contribution in [3.8, 4) is 0 Å². The summed E-state index contributed by atoms with van der Waals surface area (Å²) in [6, 6.07) is 17.1. The Bertz CT molecular complexity index is 629. The molecule has 4 N–H and O–H groups in total. The van der Waals surface area contributed by atoms with Crippen LogP contribution in [0, 0.1) is 6.92 Å². The second kappa shape index (κ2) is 9.05. The van der Waals surface area contributed by atoms with E-state index in [1.807, 2.05) is 61.5 Å². The highest BCUT2D eigenvalue weighted by molar-refractivity contribution is 5.65. The summed E-state index contributed by atoms with van der Waals surface area (Å²) < 4.78 is 0. The minimum absolute atomic E-state index is 0.311. The number of aryl methyl sites for hydroxylation is 1. The third kappa shape index (κ3) is 6.02. The first-order valence-electron chi connectivity index (χ1n) is 8.02. The molecule has 5 nitrogen and oxygen atoms in total. The van der Waals surface area contributed by atoms with Crippen LogP contribution in [0.2, 0.25) is 0 Å². The molecule has 128 valence electrons. The topological polar surface area (TPSA) is 81.6 Å². The van der Waals surface area contributed by atoms with Crippen molar-refractivity contribution >= 4 is 6.09 Å². The average molecular weight is 328 g/mol. The van der Waals surface area contributed by atoms with Gasteiger partial charge in [-0.15, -0.1) is 0 Å². The van der Waals surface area contributed by atoms with Crippen LogP contribution in [0.1, 0.15) is 16.7 Å². The fraction of sp³-hybridized carbons (Fsp3) is 0.316. The Kier molecular flexibility index (Phi) is 6.78. The van der Waals surface area contributed by atoms with Crippen LogP contribution in [0.4, 0.5) is 4.79 Å². The molecular weight excluding hydrogens is 304 g/mol. The van der Waals surface area contributed by atoms with Crippen molar-refractivity contribution < 1.29 is 15.0 Å². The number of carbonyl (C=O) groups is 1. The number of hydrogen-bond acceptors (Lipinski definition) is 3. The lowest BCUT2D eigenvalue weighted by molar-refractivity contribution is 0.117. The molecule has 24 heavy (non-hydrogen) atoms. The van der Waals surface area contributed by atoms with Gasteiger partial charge in [0.25, 0.3) is 0 Å². The zero-order chi connectivity index (χ0) is 17.4. The molecular formula is C19H24N2O3. The first-order valence-corrected chi connectivity index (χ1v) is 8.02. The van der Waals surface area contributed by atoms with Gasteiger partial charge in [-0.2, -0.15) is 0 Å². The molecule has 0 saturated heterocycles. The van der Waals surface area contributed by atoms with Crippen LogP contribution in [-0.2, 0) is 13.0 Å². The van der Waals surface area contributed by atoms with Crippen molar-refractivity contribution in [2.45, 2.75) is 32.0 Å². The van der Waals surface area contributed by atoms with Gasteiger partial charge in [-0.3, -0.25) is 0 Å². The molecule has 2 aromatic rings. The smallest absolute Gasteiger partial charge is 0.404 e. The van der Waals surface area contributed by atoms with Gasteiger partial charge in [0.2, 0.25) is 0 Å². The zero-order valence-electron chi connectivity index (χ0n) is 13.8. The molecule has 0 spiro atoms. The minimum atomic E-state index is -1.13. The molecule has 0 fully saturated rings. The van der Waals surface area contributed by atoms with Crippen LogP contribution in [-0.4, -0.2) is 35.0 Å². The van der Waals surface area contributed by atoms with Crippen LogP contribution in [0.15, 0.2) is 54.6 Å². The third-order valence-electron chi connectivity index (χ3n) is 3.87. The summed E-state index contributed by atoms with van der Waals surface area (Å²) in [6.45, 7) is 2.97. The Morgan fingerprint density at radius 2 is 1.71 bits per heavy atom. The molecule has 1 amide bonds. The predicted octanol–water partition coefficient (Wildman–Crippen LogP) is 2.32. The number of benzene rings is 2. The summed E-state index contributed by atoms with van der Waals surface area (Å²) >= 11 is 0. The summed E-state index contributed by atoms with van der Waals surface area (Å²) in [5.74, 6) is 0. The summed E-state index contributed by atoms with van der Waals surface area (Å²) in [6.07, 6.45) is -1.50. The van der Waals surface area contributed by atoms with Crippen LogP contribution in [0.3, 0.4) is 0 Å². The lowest BCUT2D eigenvalue weighted by atomic mass is 10.0. The van der Waals surface area contributed by atoms with Gasteiger partial charge in [-0.05, 0) is 24.5 Å². The lowest BCUT2D eigenvalue weighted by Gasteiger charge is -2.23. The summed E-state index contributed by atoms with van der Waals surface area (Å²) in [5, 5.41) is 24.9. The molecule has 0 aliphatic rings. The van der Waals surface area contributed by atoms with Crippen molar-refractivity contribution in [3.05, 3.63) is 71.3 Å². The first kappa shape index (κ1) is 18.0. The standard InChI is InChI=1S/C19H24N2O3/c1-14-7-9-16(10-8-14)12-20-13-18(22)17(21-19(23)24)11-15-5-3-2-4-6-15/h2-10,17-18,20-22H,11-13H2,1H3,(H,23,24)/t17-,18-/m0/s1.